The Kier molecular flexibility index (Phi) is 4.40. The van der Waals surface area contributed by atoms with Crippen LogP contribution in [0.5, 0.6) is 0 Å². The fourth-order valence-electron chi connectivity index (χ4n) is 3.54. The highest BCUT2D eigenvalue weighted by Gasteiger charge is 2.29. The fraction of sp³-hybridized carbons (Fsp3) is 0.625. The first-order valence-electron chi connectivity index (χ1n) is 7.81. The lowest BCUT2D eigenvalue weighted by molar-refractivity contribution is 0.0997. The highest BCUT2D eigenvalue weighted by atomic mass is 19.2. The predicted molar refractivity (Wildman–Crippen MR) is 80.6 cm³/mol. The van der Waals surface area contributed by atoms with Crippen molar-refractivity contribution in [2.45, 2.75) is 31.8 Å². The first kappa shape index (κ1) is 14.7. The number of piperazine rings is 1. The lowest BCUT2D eigenvalue weighted by Crippen LogP contribution is -2.56. The molecule has 2 heterocycles. The fourth-order valence-corrected chi connectivity index (χ4v) is 3.54. The van der Waals surface area contributed by atoms with Gasteiger partial charge in [-0.05, 0) is 31.9 Å². The van der Waals surface area contributed by atoms with Crippen molar-refractivity contribution in [2.75, 3.05) is 37.6 Å². The standard InChI is InChI=1S/C16H23F2N3/c1-12-11-19-6-9-21(12)13-4-7-20(8-5-13)14-2-3-15(17)16(18)10-14/h2-3,10,12-13,19H,4-9,11H2,1H3. The van der Waals surface area contributed by atoms with E-state index in [0.29, 0.717) is 12.1 Å². The molecule has 3 rings (SSSR count). The summed E-state index contributed by atoms with van der Waals surface area (Å²) in [6, 6.07) is 5.40. The van der Waals surface area contributed by atoms with Gasteiger partial charge in [0.15, 0.2) is 11.6 Å². The van der Waals surface area contributed by atoms with E-state index in [9.17, 15) is 8.78 Å². The van der Waals surface area contributed by atoms with E-state index in [-0.39, 0.29) is 0 Å². The number of halogens is 2. The Morgan fingerprint density at radius 1 is 1.10 bits per heavy atom. The summed E-state index contributed by atoms with van der Waals surface area (Å²) in [6.45, 7) is 7.32. The van der Waals surface area contributed by atoms with Crippen molar-refractivity contribution in [2.24, 2.45) is 0 Å². The van der Waals surface area contributed by atoms with Crippen LogP contribution in [-0.4, -0.2) is 49.7 Å². The summed E-state index contributed by atoms with van der Waals surface area (Å²) in [5.41, 5.74) is 0.792. The van der Waals surface area contributed by atoms with E-state index in [1.54, 1.807) is 6.07 Å². The van der Waals surface area contributed by atoms with Gasteiger partial charge in [-0.3, -0.25) is 4.90 Å². The maximum Gasteiger partial charge on any atom is 0.160 e. The quantitative estimate of drug-likeness (QED) is 0.902. The predicted octanol–water partition coefficient (Wildman–Crippen LogP) is 2.23. The number of nitrogens with one attached hydrogen (secondary N) is 1. The number of nitrogens with zero attached hydrogens (tertiary/aromatic N) is 2. The second-order valence-electron chi connectivity index (χ2n) is 6.11. The minimum absolute atomic E-state index is 0.582. The van der Waals surface area contributed by atoms with E-state index < -0.39 is 11.6 Å². The van der Waals surface area contributed by atoms with Crippen molar-refractivity contribution in [3.8, 4) is 0 Å². The van der Waals surface area contributed by atoms with Gasteiger partial charge in [0.1, 0.15) is 0 Å². The minimum Gasteiger partial charge on any atom is -0.371 e. The van der Waals surface area contributed by atoms with Gasteiger partial charge in [-0.1, -0.05) is 0 Å². The average molecular weight is 295 g/mol. The molecule has 2 fully saturated rings. The van der Waals surface area contributed by atoms with Crippen LogP contribution in [-0.2, 0) is 0 Å². The van der Waals surface area contributed by atoms with Crippen LogP contribution in [0.25, 0.3) is 0 Å². The molecule has 1 aromatic rings. The molecule has 2 saturated heterocycles. The Morgan fingerprint density at radius 2 is 1.86 bits per heavy atom. The molecular formula is C16H23F2N3. The van der Waals surface area contributed by atoms with Crippen LogP contribution >= 0.6 is 0 Å². The van der Waals surface area contributed by atoms with Crippen LogP contribution in [0, 0.1) is 11.6 Å². The topological polar surface area (TPSA) is 18.5 Å². The zero-order valence-electron chi connectivity index (χ0n) is 12.5. The molecule has 3 nitrogen and oxygen atoms in total. The average Bonchev–Trinajstić information content (AvgIpc) is 2.51. The SMILES string of the molecule is CC1CNCCN1C1CCN(c2ccc(F)c(F)c2)CC1. The van der Waals surface area contributed by atoms with Crippen LogP contribution in [0.3, 0.4) is 0 Å². The zero-order chi connectivity index (χ0) is 14.8. The molecule has 116 valence electrons. The minimum atomic E-state index is -0.775. The number of hydrogen-bond acceptors (Lipinski definition) is 3. The van der Waals surface area contributed by atoms with Crippen LogP contribution < -0.4 is 10.2 Å². The largest absolute Gasteiger partial charge is 0.371 e. The summed E-state index contributed by atoms with van der Waals surface area (Å²) in [6.07, 6.45) is 2.17. The molecule has 0 bridgehead atoms. The Labute approximate surface area is 124 Å². The maximum atomic E-state index is 13.3. The first-order chi connectivity index (χ1) is 10.1. The second-order valence-corrected chi connectivity index (χ2v) is 6.11. The van der Waals surface area contributed by atoms with Crippen molar-refractivity contribution < 1.29 is 8.78 Å². The first-order valence-corrected chi connectivity index (χ1v) is 7.81. The van der Waals surface area contributed by atoms with Gasteiger partial charge in [0.25, 0.3) is 0 Å². The van der Waals surface area contributed by atoms with E-state index >= 15 is 0 Å². The van der Waals surface area contributed by atoms with Gasteiger partial charge in [-0.2, -0.15) is 0 Å². The van der Waals surface area contributed by atoms with Gasteiger partial charge in [0.2, 0.25) is 0 Å². The number of anilines is 1. The molecule has 2 aliphatic heterocycles. The molecule has 0 radical (unpaired) electrons. The van der Waals surface area contributed by atoms with Gasteiger partial charge in [0, 0.05) is 56.6 Å². The molecule has 0 spiro atoms. The lowest BCUT2D eigenvalue weighted by Gasteiger charge is -2.44. The third kappa shape index (κ3) is 3.19. The van der Waals surface area contributed by atoms with Crippen LogP contribution in [0.4, 0.5) is 14.5 Å². The Bertz CT molecular complexity index is 486. The maximum absolute atomic E-state index is 13.3. The van der Waals surface area contributed by atoms with Gasteiger partial charge < -0.3 is 10.2 Å². The second kappa shape index (κ2) is 6.28. The number of rotatable bonds is 2. The van der Waals surface area contributed by atoms with E-state index in [4.69, 9.17) is 0 Å². The molecule has 0 saturated carbocycles. The van der Waals surface area contributed by atoms with Crippen LogP contribution in [0.15, 0.2) is 18.2 Å². The van der Waals surface area contributed by atoms with Crippen molar-refractivity contribution in [3.05, 3.63) is 29.8 Å². The molecule has 1 atom stereocenters. The van der Waals surface area contributed by atoms with E-state index in [0.717, 1.165) is 51.3 Å². The summed E-state index contributed by atoms with van der Waals surface area (Å²) in [4.78, 5) is 4.75. The van der Waals surface area contributed by atoms with E-state index in [2.05, 4.69) is 22.0 Å². The number of benzene rings is 1. The summed E-state index contributed by atoms with van der Waals surface area (Å²) in [7, 11) is 0. The van der Waals surface area contributed by atoms with E-state index in [1.807, 2.05) is 0 Å². The van der Waals surface area contributed by atoms with Gasteiger partial charge in [-0.25, -0.2) is 8.78 Å². The Morgan fingerprint density at radius 3 is 2.52 bits per heavy atom. The molecule has 0 aromatic heterocycles. The van der Waals surface area contributed by atoms with Crippen molar-refractivity contribution in [1.82, 2.24) is 10.2 Å². The van der Waals surface area contributed by atoms with E-state index in [1.165, 1.54) is 12.1 Å². The molecule has 1 unspecified atom stereocenters. The summed E-state index contributed by atoms with van der Waals surface area (Å²) < 4.78 is 26.3. The van der Waals surface area contributed by atoms with Crippen molar-refractivity contribution in [1.29, 1.82) is 0 Å². The molecule has 21 heavy (non-hydrogen) atoms. The van der Waals surface area contributed by atoms with Crippen LogP contribution in [0.1, 0.15) is 19.8 Å². The monoisotopic (exact) mass is 295 g/mol. The normalized spacial score (nSPS) is 25.3. The number of hydrogen-bond donors (Lipinski definition) is 1. The highest BCUT2D eigenvalue weighted by molar-refractivity contribution is 5.47. The smallest absolute Gasteiger partial charge is 0.160 e. The summed E-state index contributed by atoms with van der Waals surface area (Å²) in [5.74, 6) is -1.53. The number of piperidine rings is 1. The Balaban J connectivity index is 1.60. The van der Waals surface area contributed by atoms with Crippen LogP contribution in [0.2, 0.25) is 0 Å². The lowest BCUT2D eigenvalue weighted by atomic mass is 9.99. The molecule has 1 aromatic carbocycles. The van der Waals surface area contributed by atoms with Gasteiger partial charge in [-0.15, -0.1) is 0 Å². The third-order valence-corrected chi connectivity index (χ3v) is 4.75. The third-order valence-electron chi connectivity index (χ3n) is 4.75. The van der Waals surface area contributed by atoms with Gasteiger partial charge in [0.05, 0.1) is 0 Å². The molecule has 0 aliphatic carbocycles. The summed E-state index contributed by atoms with van der Waals surface area (Å²) in [5, 5.41) is 3.42. The van der Waals surface area contributed by atoms with Crippen molar-refractivity contribution in [3.63, 3.8) is 0 Å². The zero-order valence-corrected chi connectivity index (χ0v) is 12.5. The van der Waals surface area contributed by atoms with Gasteiger partial charge >= 0.3 is 0 Å². The van der Waals surface area contributed by atoms with Crippen molar-refractivity contribution >= 4 is 5.69 Å². The molecule has 2 aliphatic rings. The highest BCUT2D eigenvalue weighted by Crippen LogP contribution is 2.25. The molecule has 5 heteroatoms. The summed E-state index contributed by atoms with van der Waals surface area (Å²) >= 11 is 0. The molecule has 0 amide bonds. The molecule has 1 N–H and O–H groups in total. The molecular weight excluding hydrogens is 272 g/mol. The Hall–Kier alpha value is -1.20.